The highest BCUT2D eigenvalue weighted by Crippen LogP contribution is 2.69. The highest BCUT2D eigenvalue weighted by molar-refractivity contribution is 6.31. The third kappa shape index (κ3) is 2.70. The first-order chi connectivity index (χ1) is 15.6. The molecule has 2 aromatic carbocycles. The van der Waals surface area contributed by atoms with Crippen LogP contribution in [0.15, 0.2) is 42.5 Å². The number of non-ortho nitro benzene ring substituents is 1. The van der Waals surface area contributed by atoms with E-state index in [1.54, 1.807) is 25.1 Å². The lowest BCUT2D eigenvalue weighted by Crippen LogP contribution is -2.57. The van der Waals surface area contributed by atoms with Gasteiger partial charge in [0.1, 0.15) is 6.10 Å². The lowest BCUT2D eigenvalue weighted by Gasteiger charge is -2.48. The van der Waals surface area contributed by atoms with E-state index in [1.165, 1.54) is 12.1 Å². The fourth-order valence-corrected chi connectivity index (χ4v) is 5.11. The number of hydrogen-bond donors (Lipinski definition) is 1. The molecule has 2 aliphatic heterocycles. The molecule has 2 aliphatic rings. The third-order valence-electron chi connectivity index (χ3n) is 6.37. The van der Waals surface area contributed by atoms with Gasteiger partial charge in [0.25, 0.3) is 5.69 Å². The summed E-state index contributed by atoms with van der Waals surface area (Å²) in [5, 5.41) is 51.0. The van der Waals surface area contributed by atoms with Crippen molar-refractivity contribution in [3.05, 3.63) is 73.8 Å². The highest BCUT2D eigenvalue weighted by atomic mass is 35.5. The molecule has 164 valence electrons. The Kier molecular flexibility index (Phi) is 5.07. The number of nitrogens with zero attached hydrogens (tertiary/aromatic N) is 4. The molecule has 33 heavy (non-hydrogen) atoms. The minimum absolute atomic E-state index is 0.0182. The van der Waals surface area contributed by atoms with Crippen LogP contribution in [0.4, 0.5) is 5.69 Å². The first-order valence-electron chi connectivity index (χ1n) is 9.53. The van der Waals surface area contributed by atoms with Crippen LogP contribution in [-0.2, 0) is 15.3 Å². The molecular weight excluding hydrogens is 469 g/mol. The molecule has 0 radical (unpaired) electrons. The predicted octanol–water partition coefficient (Wildman–Crippen LogP) is 5.01. The molecule has 9 nitrogen and oxygen atoms in total. The molecule has 0 amide bonds. The van der Waals surface area contributed by atoms with Gasteiger partial charge >= 0.3 is 0 Å². The monoisotopic (exact) mass is 481 g/mol. The fraction of sp³-hybridized carbons (Fsp3) is 0.273. The molecular formula is C22H13Cl2N5O4. The Bertz CT molecular complexity index is 1330. The van der Waals surface area contributed by atoms with Crippen LogP contribution in [0, 0.1) is 66.3 Å². The quantitative estimate of drug-likeness (QED) is 0.476. The molecule has 2 aromatic rings. The van der Waals surface area contributed by atoms with E-state index in [1.807, 2.05) is 18.2 Å². The lowest BCUT2D eigenvalue weighted by molar-refractivity contribution is -0.385. The number of rotatable bonds is 3. The standard InChI is InChI=1S/C22H13Cl2N5O4/c1-12-21(11-27)19(28)33-22(12,13-3-2-4-14(23)7-13)32-18(20(21,9-25)10-26)16-8-15(29(30)31)5-6-17(16)24/h2-8,12,18,28H,1H3. The number of nitro benzene ring substituents is 1. The molecule has 2 bridgehead atoms. The normalized spacial score (nSPS) is 29.3. The summed E-state index contributed by atoms with van der Waals surface area (Å²) in [4.78, 5) is 10.7. The summed E-state index contributed by atoms with van der Waals surface area (Å²) in [7, 11) is 0. The number of nitro groups is 1. The first kappa shape index (κ1) is 22.5. The van der Waals surface area contributed by atoms with Gasteiger partial charge in [-0.2, -0.15) is 15.8 Å². The lowest BCUT2D eigenvalue weighted by atomic mass is 9.53. The summed E-state index contributed by atoms with van der Waals surface area (Å²) < 4.78 is 12.1. The second-order valence-electron chi connectivity index (χ2n) is 7.74. The molecule has 2 heterocycles. The van der Waals surface area contributed by atoms with Crippen molar-refractivity contribution in [2.24, 2.45) is 16.7 Å². The maximum atomic E-state index is 11.4. The van der Waals surface area contributed by atoms with Crippen molar-refractivity contribution in [2.75, 3.05) is 0 Å². The topological polar surface area (TPSA) is 157 Å². The maximum absolute atomic E-state index is 11.4. The van der Waals surface area contributed by atoms with Crippen LogP contribution >= 0.6 is 23.2 Å². The van der Waals surface area contributed by atoms with E-state index in [9.17, 15) is 25.9 Å². The number of hydrogen-bond acceptors (Lipinski definition) is 8. The van der Waals surface area contributed by atoms with Crippen molar-refractivity contribution in [1.82, 2.24) is 0 Å². The second kappa shape index (κ2) is 7.43. The molecule has 0 spiro atoms. The zero-order chi connectivity index (χ0) is 24.2. The smallest absolute Gasteiger partial charge is 0.269 e. The average Bonchev–Trinajstić information content (AvgIpc) is 2.96. The van der Waals surface area contributed by atoms with Gasteiger partial charge < -0.3 is 9.47 Å². The van der Waals surface area contributed by atoms with Crippen LogP contribution in [0.2, 0.25) is 10.0 Å². The summed E-state index contributed by atoms with van der Waals surface area (Å²) in [6.45, 7) is 1.54. The van der Waals surface area contributed by atoms with Gasteiger partial charge in [-0.1, -0.05) is 42.3 Å². The molecule has 0 aliphatic carbocycles. The van der Waals surface area contributed by atoms with Gasteiger partial charge in [-0.3, -0.25) is 15.5 Å². The molecule has 4 unspecified atom stereocenters. The molecule has 0 saturated carbocycles. The summed E-state index contributed by atoms with van der Waals surface area (Å²) in [6, 6.07) is 15.6. The molecule has 0 aromatic heterocycles. The Balaban J connectivity index is 2.08. The molecule has 2 saturated heterocycles. The minimum Gasteiger partial charge on any atom is -0.443 e. The van der Waals surface area contributed by atoms with Crippen LogP contribution in [0.25, 0.3) is 0 Å². The van der Waals surface area contributed by atoms with E-state index < -0.39 is 39.5 Å². The maximum Gasteiger partial charge on any atom is 0.269 e. The van der Waals surface area contributed by atoms with Crippen molar-refractivity contribution in [3.8, 4) is 18.2 Å². The van der Waals surface area contributed by atoms with Crippen LogP contribution in [0.5, 0.6) is 0 Å². The fourth-order valence-electron chi connectivity index (χ4n) is 4.70. The van der Waals surface area contributed by atoms with Crippen molar-refractivity contribution < 1.29 is 14.4 Å². The Morgan fingerprint density at radius 1 is 1.12 bits per heavy atom. The first-order valence-corrected chi connectivity index (χ1v) is 10.3. The van der Waals surface area contributed by atoms with Gasteiger partial charge in [-0.15, -0.1) is 0 Å². The number of ether oxygens (including phenoxy) is 2. The summed E-state index contributed by atoms with van der Waals surface area (Å²) in [5.74, 6) is -3.41. The predicted molar refractivity (Wildman–Crippen MR) is 115 cm³/mol. The van der Waals surface area contributed by atoms with E-state index >= 15 is 0 Å². The highest BCUT2D eigenvalue weighted by Gasteiger charge is 2.80. The van der Waals surface area contributed by atoms with E-state index in [4.69, 9.17) is 38.1 Å². The number of nitrogens with one attached hydrogen (secondary N) is 1. The largest absolute Gasteiger partial charge is 0.443 e. The average molecular weight is 482 g/mol. The van der Waals surface area contributed by atoms with Gasteiger partial charge in [-0.25, -0.2) is 0 Å². The van der Waals surface area contributed by atoms with Crippen LogP contribution < -0.4 is 0 Å². The van der Waals surface area contributed by atoms with Crippen LogP contribution in [-0.4, -0.2) is 10.8 Å². The van der Waals surface area contributed by atoms with Crippen LogP contribution in [0.3, 0.4) is 0 Å². The number of halogens is 2. The van der Waals surface area contributed by atoms with E-state index in [-0.39, 0.29) is 16.3 Å². The van der Waals surface area contributed by atoms with Crippen LogP contribution in [0.1, 0.15) is 24.2 Å². The Morgan fingerprint density at radius 2 is 1.82 bits per heavy atom. The summed E-state index contributed by atoms with van der Waals surface area (Å²) in [6.07, 6.45) is -1.57. The molecule has 4 rings (SSSR count). The number of benzene rings is 2. The van der Waals surface area contributed by atoms with Gasteiger partial charge in [0.2, 0.25) is 17.1 Å². The van der Waals surface area contributed by atoms with Crippen molar-refractivity contribution >= 4 is 34.8 Å². The van der Waals surface area contributed by atoms with E-state index in [0.29, 0.717) is 10.6 Å². The third-order valence-corrected chi connectivity index (χ3v) is 6.95. The molecule has 1 N–H and O–H groups in total. The second-order valence-corrected chi connectivity index (χ2v) is 8.59. The van der Waals surface area contributed by atoms with E-state index in [0.717, 1.165) is 12.1 Å². The van der Waals surface area contributed by atoms with Gasteiger partial charge in [0.15, 0.2) is 5.41 Å². The van der Waals surface area contributed by atoms with Gasteiger partial charge in [-0.05, 0) is 18.2 Å². The summed E-state index contributed by atoms with van der Waals surface area (Å²) in [5.41, 5.74) is -4.44. The number of fused-ring (bicyclic) bond motifs is 2. The Morgan fingerprint density at radius 3 is 2.39 bits per heavy atom. The van der Waals surface area contributed by atoms with Gasteiger partial charge in [0.05, 0.1) is 29.0 Å². The Hall–Kier alpha value is -3.68. The zero-order valence-corrected chi connectivity index (χ0v) is 18.4. The number of nitriles is 3. The molecule has 4 atom stereocenters. The van der Waals surface area contributed by atoms with Gasteiger partial charge in [0, 0.05) is 33.3 Å². The SMILES string of the molecule is CC1C2(c3cccc(Cl)c3)OC(=N)C1(C#N)C(C#N)(C#N)C(c1cc([N+](=O)[O-])ccc1Cl)O2. The Labute approximate surface area is 197 Å². The zero-order valence-electron chi connectivity index (χ0n) is 16.9. The minimum atomic E-state index is -2.31. The van der Waals surface area contributed by atoms with E-state index in [2.05, 4.69) is 0 Å². The molecule has 11 heteroatoms. The van der Waals surface area contributed by atoms with Crippen molar-refractivity contribution in [3.63, 3.8) is 0 Å². The van der Waals surface area contributed by atoms with Crippen molar-refractivity contribution in [2.45, 2.75) is 18.8 Å². The van der Waals surface area contributed by atoms with Crippen molar-refractivity contribution in [1.29, 1.82) is 21.2 Å². The summed E-state index contributed by atoms with van der Waals surface area (Å²) >= 11 is 12.5. The molecule has 2 fully saturated rings.